The second-order valence-electron chi connectivity index (χ2n) is 5.60. The minimum atomic E-state index is -3.48. The molecule has 1 saturated carbocycles. The minimum Gasteiger partial charge on any atom is -0.481 e. The number of aliphatic carboxylic acids is 1. The average Bonchev–Trinajstić information content (AvgIpc) is 3.10. The Bertz CT molecular complexity index is 635. The summed E-state index contributed by atoms with van der Waals surface area (Å²) in [5.74, 6) is -1.68. The first-order valence-electron chi connectivity index (χ1n) is 6.79. The van der Waals surface area contributed by atoms with E-state index in [9.17, 15) is 18.3 Å². The van der Waals surface area contributed by atoms with Crippen LogP contribution in [-0.4, -0.2) is 44.7 Å². The fourth-order valence-corrected chi connectivity index (χ4v) is 5.09. The molecular weight excluding hydrogens is 292 g/mol. The smallest absolute Gasteiger partial charge is 0.314 e. The summed E-state index contributed by atoms with van der Waals surface area (Å²) in [4.78, 5) is 11.7. The van der Waals surface area contributed by atoms with Gasteiger partial charge in [0.15, 0.2) is 9.84 Å². The third-order valence-electron chi connectivity index (χ3n) is 4.25. The van der Waals surface area contributed by atoms with Crippen molar-refractivity contribution < 1.29 is 23.1 Å². The van der Waals surface area contributed by atoms with E-state index < -0.39 is 32.4 Å². The number of carboxylic acid groups (broad SMARTS) is 1. The first kappa shape index (κ1) is 16.0. The van der Waals surface area contributed by atoms with Gasteiger partial charge in [0.1, 0.15) is 5.41 Å². The lowest BCUT2D eigenvalue weighted by Gasteiger charge is -2.11. The van der Waals surface area contributed by atoms with Gasteiger partial charge in [-0.05, 0) is 17.5 Å². The Balaban J connectivity index is 2.46. The number of methoxy groups -OCH3 is 1. The van der Waals surface area contributed by atoms with E-state index >= 15 is 0 Å². The van der Waals surface area contributed by atoms with Gasteiger partial charge in [0.05, 0.1) is 11.9 Å². The molecule has 1 aromatic rings. The summed E-state index contributed by atoms with van der Waals surface area (Å²) >= 11 is 0. The molecule has 0 spiro atoms. The van der Waals surface area contributed by atoms with Crippen molar-refractivity contribution in [2.45, 2.75) is 24.5 Å². The van der Waals surface area contributed by atoms with Crippen LogP contribution in [0.5, 0.6) is 0 Å². The maximum Gasteiger partial charge on any atom is 0.314 e. The van der Waals surface area contributed by atoms with Crippen LogP contribution >= 0.6 is 0 Å². The first-order chi connectivity index (χ1) is 9.79. The normalized spacial score (nSPS) is 28.3. The molecule has 0 amide bonds. The molecule has 0 saturated heterocycles. The second-order valence-corrected chi connectivity index (χ2v) is 7.77. The van der Waals surface area contributed by atoms with Crippen LogP contribution in [0.3, 0.4) is 0 Å². The van der Waals surface area contributed by atoms with Gasteiger partial charge in [0.25, 0.3) is 0 Å². The molecule has 0 bridgehead atoms. The van der Waals surface area contributed by atoms with Gasteiger partial charge >= 0.3 is 5.97 Å². The van der Waals surface area contributed by atoms with Crippen LogP contribution in [-0.2, 0) is 25.8 Å². The van der Waals surface area contributed by atoms with Crippen molar-refractivity contribution in [3.8, 4) is 0 Å². The van der Waals surface area contributed by atoms with Crippen molar-refractivity contribution in [3.63, 3.8) is 0 Å². The summed E-state index contributed by atoms with van der Waals surface area (Å²) in [5, 5.41) is 8.62. The highest BCUT2D eigenvalue weighted by atomic mass is 32.2. The van der Waals surface area contributed by atoms with Crippen LogP contribution < -0.4 is 0 Å². The molecular formula is C15H20O5S. The average molecular weight is 312 g/mol. The zero-order valence-electron chi connectivity index (χ0n) is 12.4. The lowest BCUT2D eigenvalue weighted by Crippen LogP contribution is -2.28. The molecule has 1 aromatic carbocycles. The number of hydrogen-bond donors (Lipinski definition) is 1. The Morgan fingerprint density at radius 1 is 1.33 bits per heavy atom. The number of ether oxygens (including phenoxy) is 1. The number of carbonyl (C=O) groups is 1. The maximum absolute atomic E-state index is 12.0. The van der Waals surface area contributed by atoms with Crippen LogP contribution in [0.1, 0.15) is 24.0 Å². The van der Waals surface area contributed by atoms with Gasteiger partial charge in [0, 0.05) is 19.3 Å². The minimum absolute atomic E-state index is 0.111. The van der Waals surface area contributed by atoms with Crippen molar-refractivity contribution in [3.05, 3.63) is 35.4 Å². The molecule has 116 valence electrons. The Morgan fingerprint density at radius 2 is 1.90 bits per heavy atom. The molecule has 1 N–H and O–H groups in total. The maximum atomic E-state index is 12.0. The van der Waals surface area contributed by atoms with Gasteiger partial charge in [-0.2, -0.15) is 0 Å². The summed E-state index contributed by atoms with van der Waals surface area (Å²) in [6, 6.07) is 7.46. The van der Waals surface area contributed by atoms with Crippen LogP contribution in [0.2, 0.25) is 0 Å². The lowest BCUT2D eigenvalue weighted by molar-refractivity contribution is -0.145. The molecule has 1 fully saturated rings. The number of sulfone groups is 1. The van der Waals surface area contributed by atoms with Crippen LogP contribution in [0.15, 0.2) is 24.3 Å². The van der Waals surface area contributed by atoms with Crippen LogP contribution in [0.25, 0.3) is 0 Å². The number of carboxylic acids is 1. The highest BCUT2D eigenvalue weighted by Gasteiger charge is 2.74. The second kappa shape index (κ2) is 5.42. The van der Waals surface area contributed by atoms with Gasteiger partial charge in [-0.25, -0.2) is 8.42 Å². The van der Waals surface area contributed by atoms with E-state index in [1.807, 2.05) is 31.2 Å². The SMILES string of the molecule is CCc1ccc([C@H]2[C@H](S(C)(=O)=O)[C@@]2(COC)C(=O)O)cc1. The molecule has 6 heteroatoms. The van der Waals surface area contributed by atoms with Crippen molar-refractivity contribution in [2.75, 3.05) is 20.0 Å². The molecule has 0 radical (unpaired) electrons. The summed E-state index contributed by atoms with van der Waals surface area (Å²) in [6.45, 7) is 1.91. The molecule has 2 rings (SSSR count). The topological polar surface area (TPSA) is 80.7 Å². The highest BCUT2D eigenvalue weighted by molar-refractivity contribution is 7.91. The summed E-state index contributed by atoms with van der Waals surface area (Å²) < 4.78 is 29.0. The molecule has 5 nitrogen and oxygen atoms in total. The molecule has 0 aromatic heterocycles. The predicted octanol–water partition coefficient (Wildman–Crippen LogP) is 1.48. The molecule has 0 aliphatic heterocycles. The van der Waals surface area contributed by atoms with Crippen molar-refractivity contribution in [2.24, 2.45) is 5.41 Å². The molecule has 0 unspecified atom stereocenters. The van der Waals surface area contributed by atoms with E-state index in [1.165, 1.54) is 7.11 Å². The largest absolute Gasteiger partial charge is 0.481 e. The van der Waals surface area contributed by atoms with Crippen molar-refractivity contribution in [1.82, 2.24) is 0 Å². The van der Waals surface area contributed by atoms with E-state index in [-0.39, 0.29) is 6.61 Å². The molecule has 3 atom stereocenters. The van der Waals surface area contributed by atoms with Gasteiger partial charge in [0.2, 0.25) is 0 Å². The molecule has 0 heterocycles. The molecule has 21 heavy (non-hydrogen) atoms. The van der Waals surface area contributed by atoms with Gasteiger partial charge in [-0.15, -0.1) is 0 Å². The molecule has 1 aliphatic carbocycles. The number of aryl methyl sites for hydroxylation is 1. The number of rotatable bonds is 6. The number of benzene rings is 1. The van der Waals surface area contributed by atoms with E-state index in [4.69, 9.17) is 4.74 Å². The van der Waals surface area contributed by atoms with Crippen molar-refractivity contribution >= 4 is 15.8 Å². The Hall–Kier alpha value is -1.40. The summed E-state index contributed by atoms with van der Waals surface area (Å²) in [7, 11) is -2.09. The Labute approximate surface area is 124 Å². The fourth-order valence-electron chi connectivity index (χ4n) is 3.19. The quantitative estimate of drug-likeness (QED) is 0.860. The van der Waals surface area contributed by atoms with Crippen LogP contribution in [0, 0.1) is 5.41 Å². The Kier molecular flexibility index (Phi) is 4.13. The fraction of sp³-hybridized carbons (Fsp3) is 0.533. The zero-order valence-corrected chi connectivity index (χ0v) is 13.2. The predicted molar refractivity (Wildman–Crippen MR) is 79.1 cm³/mol. The standard InChI is InChI=1S/C15H20O5S/c1-4-10-5-7-11(8-6-10)12-13(21(3,18)19)15(12,9-20-2)14(16)17/h5-8,12-13H,4,9H2,1-3H3,(H,16,17)/t12-,13-,15-/m0/s1. The zero-order chi connectivity index (χ0) is 15.8. The van der Waals surface area contributed by atoms with E-state index in [0.717, 1.165) is 23.8 Å². The van der Waals surface area contributed by atoms with Crippen LogP contribution in [0.4, 0.5) is 0 Å². The van der Waals surface area contributed by atoms with Gasteiger partial charge in [-0.1, -0.05) is 31.2 Å². The molecule has 1 aliphatic rings. The van der Waals surface area contributed by atoms with Crippen molar-refractivity contribution in [1.29, 1.82) is 0 Å². The van der Waals surface area contributed by atoms with E-state index in [2.05, 4.69) is 0 Å². The van der Waals surface area contributed by atoms with Gasteiger partial charge in [-0.3, -0.25) is 4.79 Å². The monoisotopic (exact) mass is 312 g/mol. The van der Waals surface area contributed by atoms with Gasteiger partial charge < -0.3 is 9.84 Å². The van der Waals surface area contributed by atoms with E-state index in [1.54, 1.807) is 0 Å². The Morgan fingerprint density at radius 3 is 2.29 bits per heavy atom. The van der Waals surface area contributed by atoms with E-state index in [0.29, 0.717) is 0 Å². The summed E-state index contributed by atoms with van der Waals surface area (Å²) in [5.41, 5.74) is 0.487. The third kappa shape index (κ3) is 2.58. The lowest BCUT2D eigenvalue weighted by atomic mass is 9.99. The highest BCUT2D eigenvalue weighted by Crippen LogP contribution is 2.63. The number of hydrogen-bond acceptors (Lipinski definition) is 4. The third-order valence-corrected chi connectivity index (χ3v) is 5.86. The first-order valence-corrected chi connectivity index (χ1v) is 8.74. The summed E-state index contributed by atoms with van der Waals surface area (Å²) in [6.07, 6.45) is 1.97.